The quantitative estimate of drug-likeness (QED) is 0.831. The third-order valence-electron chi connectivity index (χ3n) is 3.30. The zero-order chi connectivity index (χ0) is 13.9. The van der Waals surface area contributed by atoms with Gasteiger partial charge in [0.2, 0.25) is 0 Å². The summed E-state index contributed by atoms with van der Waals surface area (Å²) in [5.41, 5.74) is 2.00. The molecule has 1 aliphatic carbocycles. The van der Waals surface area contributed by atoms with E-state index >= 15 is 0 Å². The van der Waals surface area contributed by atoms with E-state index in [2.05, 4.69) is 15.3 Å². The van der Waals surface area contributed by atoms with Crippen LogP contribution in [0.15, 0.2) is 30.3 Å². The maximum atomic E-state index is 9.13. The third-order valence-corrected chi connectivity index (χ3v) is 3.50. The van der Waals surface area contributed by atoms with Crippen molar-refractivity contribution in [1.29, 1.82) is 0 Å². The monoisotopic (exact) mass is 289 g/mol. The molecule has 0 radical (unpaired) electrons. The second-order valence-corrected chi connectivity index (χ2v) is 5.43. The van der Waals surface area contributed by atoms with E-state index in [4.69, 9.17) is 16.7 Å². The standard InChI is InChI=1S/C15H16ClN3O/c16-13-7-14(19-15(18-13)12-4-5-12)17-8-10-2-1-3-11(6-10)9-20/h1-3,6-7,12,20H,4-5,8-9H2,(H,17,18,19). The molecule has 0 bridgehead atoms. The number of aliphatic hydroxyl groups excluding tert-OH is 1. The van der Waals surface area contributed by atoms with Crippen LogP contribution >= 0.6 is 11.6 Å². The molecule has 0 spiro atoms. The minimum Gasteiger partial charge on any atom is -0.392 e. The molecule has 2 aromatic rings. The Bertz CT molecular complexity index is 614. The van der Waals surface area contributed by atoms with Crippen molar-refractivity contribution in [1.82, 2.24) is 9.97 Å². The number of hydrogen-bond acceptors (Lipinski definition) is 4. The highest BCUT2D eigenvalue weighted by Gasteiger charge is 2.27. The lowest BCUT2D eigenvalue weighted by molar-refractivity contribution is 0.281. The van der Waals surface area contributed by atoms with E-state index in [9.17, 15) is 0 Å². The molecule has 1 aliphatic rings. The molecule has 104 valence electrons. The van der Waals surface area contributed by atoms with Crippen molar-refractivity contribution >= 4 is 17.4 Å². The molecule has 1 saturated carbocycles. The Morgan fingerprint density at radius 1 is 1.20 bits per heavy atom. The maximum Gasteiger partial charge on any atom is 0.135 e. The molecule has 5 heteroatoms. The minimum atomic E-state index is 0.0546. The molecule has 3 rings (SSSR count). The average Bonchev–Trinajstić information content (AvgIpc) is 3.29. The molecule has 1 aromatic carbocycles. The van der Waals surface area contributed by atoms with Gasteiger partial charge in [0.05, 0.1) is 6.61 Å². The van der Waals surface area contributed by atoms with Crippen molar-refractivity contribution in [2.75, 3.05) is 5.32 Å². The van der Waals surface area contributed by atoms with Gasteiger partial charge in [-0.1, -0.05) is 35.9 Å². The topological polar surface area (TPSA) is 58.0 Å². The van der Waals surface area contributed by atoms with E-state index in [1.807, 2.05) is 24.3 Å². The van der Waals surface area contributed by atoms with E-state index in [0.717, 1.165) is 35.6 Å². The first-order valence-corrected chi connectivity index (χ1v) is 7.09. The van der Waals surface area contributed by atoms with Crippen molar-refractivity contribution in [2.45, 2.75) is 31.9 Å². The summed E-state index contributed by atoms with van der Waals surface area (Å²) in [4.78, 5) is 8.76. The van der Waals surface area contributed by atoms with Crippen molar-refractivity contribution in [3.8, 4) is 0 Å². The molecule has 1 aromatic heterocycles. The van der Waals surface area contributed by atoms with Gasteiger partial charge >= 0.3 is 0 Å². The summed E-state index contributed by atoms with van der Waals surface area (Å²) in [5, 5.41) is 12.9. The van der Waals surface area contributed by atoms with Gasteiger partial charge in [0, 0.05) is 18.5 Å². The number of anilines is 1. The van der Waals surface area contributed by atoms with Crippen LogP contribution in [0.25, 0.3) is 0 Å². The summed E-state index contributed by atoms with van der Waals surface area (Å²) in [7, 11) is 0. The fourth-order valence-corrected chi connectivity index (χ4v) is 2.27. The second kappa shape index (κ2) is 5.77. The van der Waals surface area contributed by atoms with Gasteiger partial charge in [-0.05, 0) is 24.0 Å². The normalized spacial score (nSPS) is 14.3. The molecule has 2 N–H and O–H groups in total. The molecular weight excluding hydrogens is 274 g/mol. The van der Waals surface area contributed by atoms with Gasteiger partial charge in [-0.25, -0.2) is 9.97 Å². The Kier molecular flexibility index (Phi) is 3.85. The lowest BCUT2D eigenvalue weighted by Crippen LogP contribution is -2.04. The number of nitrogens with zero attached hydrogens (tertiary/aromatic N) is 2. The lowest BCUT2D eigenvalue weighted by Gasteiger charge is -2.08. The van der Waals surface area contributed by atoms with Crippen LogP contribution in [0.2, 0.25) is 5.15 Å². The lowest BCUT2D eigenvalue weighted by atomic mass is 10.1. The number of rotatable bonds is 5. The largest absolute Gasteiger partial charge is 0.392 e. The molecule has 1 fully saturated rings. The fraction of sp³-hybridized carbons (Fsp3) is 0.333. The zero-order valence-electron chi connectivity index (χ0n) is 11.0. The molecule has 1 heterocycles. The van der Waals surface area contributed by atoms with Crippen molar-refractivity contribution in [3.63, 3.8) is 0 Å². The van der Waals surface area contributed by atoms with Crippen LogP contribution in [0.1, 0.15) is 35.7 Å². The number of aromatic nitrogens is 2. The summed E-state index contributed by atoms with van der Waals surface area (Å²) >= 11 is 6.03. The maximum absolute atomic E-state index is 9.13. The number of nitrogens with one attached hydrogen (secondary N) is 1. The van der Waals surface area contributed by atoms with E-state index in [0.29, 0.717) is 17.6 Å². The molecule has 0 amide bonds. The molecule has 20 heavy (non-hydrogen) atoms. The van der Waals surface area contributed by atoms with Gasteiger partial charge in [0.15, 0.2) is 0 Å². The number of benzene rings is 1. The first kappa shape index (κ1) is 13.3. The third kappa shape index (κ3) is 3.26. The van der Waals surface area contributed by atoms with Crippen molar-refractivity contribution in [3.05, 3.63) is 52.4 Å². The summed E-state index contributed by atoms with van der Waals surface area (Å²) in [5.74, 6) is 2.07. The van der Waals surface area contributed by atoms with Gasteiger partial charge in [-0.3, -0.25) is 0 Å². The van der Waals surface area contributed by atoms with E-state index < -0.39 is 0 Å². The van der Waals surface area contributed by atoms with Crippen LogP contribution in [0, 0.1) is 0 Å². The van der Waals surface area contributed by atoms with Gasteiger partial charge in [-0.15, -0.1) is 0 Å². The molecule has 0 aliphatic heterocycles. The van der Waals surface area contributed by atoms with Gasteiger partial charge in [-0.2, -0.15) is 0 Å². The highest BCUT2D eigenvalue weighted by Crippen LogP contribution is 2.38. The molecule has 0 atom stereocenters. The highest BCUT2D eigenvalue weighted by molar-refractivity contribution is 6.29. The summed E-state index contributed by atoms with van der Waals surface area (Å²) in [6.45, 7) is 0.699. The molecule has 0 unspecified atom stereocenters. The number of hydrogen-bond donors (Lipinski definition) is 2. The van der Waals surface area contributed by atoms with Crippen LogP contribution in [0.5, 0.6) is 0 Å². The predicted molar refractivity (Wildman–Crippen MR) is 78.7 cm³/mol. The Morgan fingerprint density at radius 2 is 2.00 bits per heavy atom. The minimum absolute atomic E-state index is 0.0546. The van der Waals surface area contributed by atoms with Crippen molar-refractivity contribution in [2.24, 2.45) is 0 Å². The van der Waals surface area contributed by atoms with Crippen LogP contribution < -0.4 is 5.32 Å². The summed E-state index contributed by atoms with van der Waals surface area (Å²) in [6.07, 6.45) is 2.30. The molecule has 4 nitrogen and oxygen atoms in total. The van der Waals surface area contributed by atoms with Crippen LogP contribution in [-0.4, -0.2) is 15.1 Å². The smallest absolute Gasteiger partial charge is 0.135 e. The first-order valence-electron chi connectivity index (χ1n) is 6.71. The Balaban J connectivity index is 1.71. The zero-order valence-corrected chi connectivity index (χ0v) is 11.8. The van der Waals surface area contributed by atoms with Crippen LogP contribution in [0.4, 0.5) is 5.82 Å². The summed E-state index contributed by atoms with van der Waals surface area (Å²) < 4.78 is 0. The van der Waals surface area contributed by atoms with E-state index in [-0.39, 0.29) is 6.61 Å². The van der Waals surface area contributed by atoms with Crippen LogP contribution in [-0.2, 0) is 13.2 Å². The van der Waals surface area contributed by atoms with Gasteiger partial charge in [0.1, 0.15) is 16.8 Å². The fourth-order valence-electron chi connectivity index (χ4n) is 2.08. The highest BCUT2D eigenvalue weighted by atomic mass is 35.5. The Morgan fingerprint density at radius 3 is 2.75 bits per heavy atom. The first-order chi connectivity index (χ1) is 9.74. The van der Waals surface area contributed by atoms with E-state index in [1.165, 1.54) is 0 Å². The van der Waals surface area contributed by atoms with Gasteiger partial charge < -0.3 is 10.4 Å². The Hall–Kier alpha value is -1.65. The van der Waals surface area contributed by atoms with Gasteiger partial charge in [0.25, 0.3) is 0 Å². The molecule has 0 saturated heterocycles. The number of halogens is 1. The van der Waals surface area contributed by atoms with Crippen molar-refractivity contribution < 1.29 is 5.11 Å². The Labute approximate surface area is 122 Å². The number of aliphatic hydroxyl groups is 1. The second-order valence-electron chi connectivity index (χ2n) is 5.04. The van der Waals surface area contributed by atoms with Crippen LogP contribution in [0.3, 0.4) is 0 Å². The summed E-state index contributed by atoms with van der Waals surface area (Å²) in [6, 6.07) is 9.55. The average molecular weight is 290 g/mol. The molecular formula is C15H16ClN3O. The predicted octanol–water partition coefficient (Wildman–Crippen LogP) is 3.11. The SMILES string of the molecule is OCc1cccc(CNc2cc(Cl)nc(C3CC3)n2)c1. The van der Waals surface area contributed by atoms with E-state index in [1.54, 1.807) is 6.07 Å².